The van der Waals surface area contributed by atoms with Crippen LogP contribution in [-0.4, -0.2) is 58.9 Å². The summed E-state index contributed by atoms with van der Waals surface area (Å²) in [7, 11) is 3.65. The number of aromatic nitrogens is 3. The zero-order chi connectivity index (χ0) is 20.5. The minimum absolute atomic E-state index is 0.579. The molecule has 0 radical (unpaired) electrons. The zero-order valence-electron chi connectivity index (χ0n) is 17.8. The fraction of sp³-hybridized carbons (Fsp3) is 0.571. The lowest BCUT2D eigenvalue weighted by Gasteiger charge is -2.26. The number of nitrogens with zero attached hydrogens (tertiary/aromatic N) is 5. The van der Waals surface area contributed by atoms with Gasteiger partial charge in [-0.3, -0.25) is 0 Å². The number of piperidine rings is 1. The Morgan fingerprint density at radius 2 is 1.86 bits per heavy atom. The molecule has 0 saturated carbocycles. The third kappa shape index (κ3) is 6.45. The van der Waals surface area contributed by atoms with Gasteiger partial charge in [0.25, 0.3) is 0 Å². The molecule has 0 atom stereocenters. The van der Waals surface area contributed by atoms with E-state index in [2.05, 4.69) is 25.7 Å². The van der Waals surface area contributed by atoms with Gasteiger partial charge in [0.05, 0.1) is 20.2 Å². The second kappa shape index (κ2) is 10.8. The predicted octanol–water partition coefficient (Wildman–Crippen LogP) is 1.85. The number of aryl methyl sites for hydroxylation is 1. The summed E-state index contributed by atoms with van der Waals surface area (Å²) in [5, 5.41) is 15.2. The summed E-state index contributed by atoms with van der Waals surface area (Å²) in [4.78, 5) is 7.28. The molecule has 1 fully saturated rings. The van der Waals surface area contributed by atoms with Gasteiger partial charge in [-0.2, -0.15) is 0 Å². The summed E-state index contributed by atoms with van der Waals surface area (Å²) < 4.78 is 7.21. The maximum absolute atomic E-state index is 5.23. The van der Waals surface area contributed by atoms with Crippen molar-refractivity contribution in [3.63, 3.8) is 0 Å². The minimum atomic E-state index is 0.579. The maximum Gasteiger partial charge on any atom is 0.192 e. The molecule has 1 aromatic carbocycles. The van der Waals surface area contributed by atoms with Crippen LogP contribution in [0.25, 0.3) is 0 Å². The van der Waals surface area contributed by atoms with E-state index in [1.807, 2.05) is 42.8 Å². The molecule has 8 nitrogen and oxygen atoms in total. The summed E-state index contributed by atoms with van der Waals surface area (Å²) in [6.07, 6.45) is 3.97. The van der Waals surface area contributed by atoms with Crippen molar-refractivity contribution >= 4 is 5.96 Å². The molecule has 0 amide bonds. The van der Waals surface area contributed by atoms with Crippen molar-refractivity contribution in [1.29, 1.82) is 0 Å². The smallest absolute Gasteiger partial charge is 0.192 e. The third-order valence-electron chi connectivity index (χ3n) is 5.34. The molecule has 2 N–H and O–H groups in total. The molecule has 158 valence electrons. The van der Waals surface area contributed by atoms with E-state index in [1.54, 1.807) is 7.11 Å². The number of hydrogen-bond donors (Lipinski definition) is 2. The zero-order valence-corrected chi connectivity index (χ0v) is 17.8. The van der Waals surface area contributed by atoms with Gasteiger partial charge in [0, 0.05) is 20.1 Å². The lowest BCUT2D eigenvalue weighted by Crippen LogP contribution is -2.42. The van der Waals surface area contributed by atoms with Crippen molar-refractivity contribution in [2.75, 3.05) is 33.3 Å². The minimum Gasteiger partial charge on any atom is -0.497 e. The van der Waals surface area contributed by atoms with E-state index in [-0.39, 0.29) is 0 Å². The highest BCUT2D eigenvalue weighted by molar-refractivity contribution is 5.79. The normalized spacial score (nSPS) is 15.3. The molecule has 0 unspecified atom stereocenters. The Morgan fingerprint density at radius 1 is 1.10 bits per heavy atom. The molecule has 1 aliphatic rings. The molecular formula is C21H33N7O. The topological polar surface area (TPSA) is 79.6 Å². The molecule has 0 bridgehead atoms. The molecule has 0 aliphatic carbocycles. The van der Waals surface area contributed by atoms with Crippen LogP contribution < -0.4 is 15.4 Å². The number of methoxy groups -OCH3 is 1. The van der Waals surface area contributed by atoms with E-state index in [1.165, 1.54) is 32.4 Å². The Bertz CT molecular complexity index is 779. The van der Waals surface area contributed by atoms with Gasteiger partial charge in [-0.1, -0.05) is 18.6 Å². The van der Waals surface area contributed by atoms with Crippen molar-refractivity contribution in [2.45, 2.75) is 39.3 Å². The van der Waals surface area contributed by atoms with Crippen LogP contribution in [0.2, 0.25) is 0 Å². The van der Waals surface area contributed by atoms with Gasteiger partial charge in [0.2, 0.25) is 0 Å². The SMILES string of the molecule is COc1ccc(CN=C(NCCN2CCCCC2)NCc2nnc(C)n2C)cc1. The second-order valence-corrected chi connectivity index (χ2v) is 7.42. The standard InChI is InChI=1S/C21H33N7O/c1-17-25-26-20(27(17)2)16-24-21(22-11-14-28-12-5-4-6-13-28)23-15-18-7-9-19(29-3)10-8-18/h7-10H,4-6,11-16H2,1-3H3,(H2,22,23,24). The monoisotopic (exact) mass is 399 g/mol. The van der Waals surface area contributed by atoms with Crippen LogP contribution in [0.4, 0.5) is 0 Å². The van der Waals surface area contributed by atoms with Gasteiger partial charge in [0.1, 0.15) is 11.6 Å². The van der Waals surface area contributed by atoms with E-state index < -0.39 is 0 Å². The highest BCUT2D eigenvalue weighted by atomic mass is 16.5. The lowest BCUT2D eigenvalue weighted by molar-refractivity contribution is 0.232. The molecule has 0 spiro atoms. The first-order valence-corrected chi connectivity index (χ1v) is 10.4. The first-order valence-electron chi connectivity index (χ1n) is 10.4. The second-order valence-electron chi connectivity index (χ2n) is 7.42. The first kappa shape index (κ1) is 21.1. The fourth-order valence-corrected chi connectivity index (χ4v) is 3.36. The van der Waals surface area contributed by atoms with Gasteiger partial charge in [0.15, 0.2) is 11.8 Å². The molecule has 3 rings (SSSR count). The summed E-state index contributed by atoms with van der Waals surface area (Å²) in [6.45, 7) is 7.43. The summed E-state index contributed by atoms with van der Waals surface area (Å²) >= 11 is 0. The maximum atomic E-state index is 5.23. The highest BCUT2D eigenvalue weighted by Gasteiger charge is 2.10. The summed E-state index contributed by atoms with van der Waals surface area (Å²) in [5.41, 5.74) is 1.14. The quantitative estimate of drug-likeness (QED) is 0.521. The Kier molecular flexibility index (Phi) is 7.86. The number of rotatable bonds is 8. The summed E-state index contributed by atoms with van der Waals surface area (Å²) in [5.74, 6) is 3.43. The third-order valence-corrected chi connectivity index (χ3v) is 5.34. The Hall–Kier alpha value is -2.61. The van der Waals surface area contributed by atoms with E-state index in [9.17, 15) is 0 Å². The average molecular weight is 400 g/mol. The molecule has 29 heavy (non-hydrogen) atoms. The summed E-state index contributed by atoms with van der Waals surface area (Å²) in [6, 6.07) is 8.01. The molecule has 1 aliphatic heterocycles. The molecule has 1 saturated heterocycles. The van der Waals surface area contributed by atoms with Gasteiger partial charge in [-0.25, -0.2) is 4.99 Å². The number of benzene rings is 1. The van der Waals surface area contributed by atoms with E-state index in [4.69, 9.17) is 9.73 Å². The van der Waals surface area contributed by atoms with Gasteiger partial charge >= 0.3 is 0 Å². The Morgan fingerprint density at radius 3 is 2.52 bits per heavy atom. The molecular weight excluding hydrogens is 366 g/mol. The van der Waals surface area contributed by atoms with Crippen LogP contribution in [0.5, 0.6) is 5.75 Å². The molecule has 8 heteroatoms. The van der Waals surface area contributed by atoms with Gasteiger partial charge < -0.3 is 24.8 Å². The molecule has 1 aromatic heterocycles. The van der Waals surface area contributed by atoms with Crippen LogP contribution in [0.15, 0.2) is 29.3 Å². The number of aliphatic imine (C=N–C) groups is 1. The first-order chi connectivity index (χ1) is 14.2. The van der Waals surface area contributed by atoms with Crippen LogP contribution in [0.1, 0.15) is 36.5 Å². The number of ether oxygens (including phenoxy) is 1. The largest absolute Gasteiger partial charge is 0.497 e. The molecule has 2 heterocycles. The van der Waals surface area contributed by atoms with Crippen molar-refractivity contribution < 1.29 is 4.74 Å². The van der Waals surface area contributed by atoms with Crippen LogP contribution in [-0.2, 0) is 20.1 Å². The highest BCUT2D eigenvalue weighted by Crippen LogP contribution is 2.12. The molecule has 2 aromatic rings. The van der Waals surface area contributed by atoms with Crippen molar-refractivity contribution in [3.8, 4) is 5.75 Å². The van der Waals surface area contributed by atoms with Gasteiger partial charge in [-0.15, -0.1) is 10.2 Å². The van der Waals surface area contributed by atoms with Crippen LogP contribution in [0, 0.1) is 6.92 Å². The fourth-order valence-electron chi connectivity index (χ4n) is 3.36. The van der Waals surface area contributed by atoms with E-state index in [0.717, 1.165) is 42.0 Å². The van der Waals surface area contributed by atoms with Crippen LogP contribution in [0.3, 0.4) is 0 Å². The number of nitrogens with one attached hydrogen (secondary N) is 2. The predicted molar refractivity (Wildman–Crippen MR) is 115 cm³/mol. The Balaban J connectivity index is 1.58. The van der Waals surface area contributed by atoms with Gasteiger partial charge in [-0.05, 0) is 50.6 Å². The number of hydrogen-bond acceptors (Lipinski definition) is 5. The van der Waals surface area contributed by atoms with E-state index in [0.29, 0.717) is 13.1 Å². The lowest BCUT2D eigenvalue weighted by atomic mass is 10.1. The van der Waals surface area contributed by atoms with Crippen LogP contribution >= 0.6 is 0 Å². The average Bonchev–Trinajstić information content (AvgIpc) is 3.08. The van der Waals surface area contributed by atoms with Crippen molar-refractivity contribution in [2.24, 2.45) is 12.0 Å². The Labute approximate surface area is 173 Å². The van der Waals surface area contributed by atoms with Crippen molar-refractivity contribution in [1.82, 2.24) is 30.3 Å². The number of likely N-dealkylation sites (tertiary alicyclic amines) is 1. The van der Waals surface area contributed by atoms with E-state index >= 15 is 0 Å². The number of guanidine groups is 1. The van der Waals surface area contributed by atoms with Crippen molar-refractivity contribution in [3.05, 3.63) is 41.5 Å².